The number of rotatable bonds is 11. The van der Waals surface area contributed by atoms with Gasteiger partial charge in [-0.05, 0) is 17.7 Å². The number of carboxylic acid groups (broad SMARTS) is 1. The van der Waals surface area contributed by atoms with Crippen molar-refractivity contribution in [2.75, 3.05) is 6.61 Å². The van der Waals surface area contributed by atoms with Crippen LogP contribution in [0.15, 0.2) is 73.3 Å². The Balaban J connectivity index is 2.35. The molecule has 2 aromatic carbocycles. The third-order valence-corrected chi connectivity index (χ3v) is 4.16. The number of carbonyl (C=O) groups is 4. The van der Waals surface area contributed by atoms with E-state index in [0.29, 0.717) is 11.1 Å². The molecule has 2 rings (SSSR count). The molecule has 0 spiro atoms. The van der Waals surface area contributed by atoms with Crippen molar-refractivity contribution >= 4 is 23.8 Å². The van der Waals surface area contributed by atoms with Crippen LogP contribution in [0.3, 0.4) is 0 Å². The van der Waals surface area contributed by atoms with Gasteiger partial charge < -0.3 is 19.9 Å². The molecule has 0 fully saturated rings. The van der Waals surface area contributed by atoms with Crippen LogP contribution >= 0.6 is 0 Å². The second-order valence-corrected chi connectivity index (χ2v) is 6.45. The van der Waals surface area contributed by atoms with Gasteiger partial charge in [-0.15, -0.1) is 0 Å². The summed E-state index contributed by atoms with van der Waals surface area (Å²) in [6.07, 6.45) is -1.08. The monoisotopic (exact) mass is 425 g/mol. The summed E-state index contributed by atoms with van der Waals surface area (Å²) in [4.78, 5) is 48.4. The first-order valence-corrected chi connectivity index (χ1v) is 9.52. The number of hydrogen-bond donors (Lipinski definition) is 2. The lowest BCUT2D eigenvalue weighted by molar-refractivity contribution is -0.169. The van der Waals surface area contributed by atoms with Crippen LogP contribution in [-0.2, 0) is 23.9 Å². The van der Waals surface area contributed by atoms with Gasteiger partial charge in [-0.2, -0.15) is 0 Å². The molecule has 0 radical (unpaired) electrons. The fraction of sp³-hybridized carbons (Fsp3) is 0.217. The van der Waals surface area contributed by atoms with E-state index in [1.807, 2.05) is 0 Å². The van der Waals surface area contributed by atoms with Crippen LogP contribution in [-0.4, -0.2) is 41.6 Å². The minimum absolute atomic E-state index is 0.129. The standard InChI is InChI=1S/C23H23NO7/c1-2-15-30-23(29)21(31-19(27)14-13-18(25)26)20(16-9-5-3-6-10-16)24-22(28)17-11-7-4-8-12-17/h2-12,20-21H,1,13-15H2,(H,24,28)(H,25,26)/t20-,21+/m0/s1. The number of esters is 2. The lowest BCUT2D eigenvalue weighted by Crippen LogP contribution is -2.44. The zero-order chi connectivity index (χ0) is 22.6. The predicted octanol–water partition coefficient (Wildman–Crippen LogP) is 2.66. The molecule has 0 aliphatic rings. The third kappa shape index (κ3) is 7.43. The Morgan fingerprint density at radius 3 is 2.16 bits per heavy atom. The van der Waals surface area contributed by atoms with Gasteiger partial charge in [-0.3, -0.25) is 14.4 Å². The molecule has 31 heavy (non-hydrogen) atoms. The van der Waals surface area contributed by atoms with Crippen LogP contribution in [0.1, 0.15) is 34.8 Å². The number of nitrogens with one attached hydrogen (secondary N) is 1. The molecule has 0 heterocycles. The topological polar surface area (TPSA) is 119 Å². The van der Waals surface area contributed by atoms with Gasteiger partial charge in [0.25, 0.3) is 5.91 Å². The van der Waals surface area contributed by atoms with E-state index >= 15 is 0 Å². The third-order valence-electron chi connectivity index (χ3n) is 4.16. The molecule has 0 saturated carbocycles. The summed E-state index contributed by atoms with van der Waals surface area (Å²) in [6, 6.07) is 15.7. The van der Waals surface area contributed by atoms with Gasteiger partial charge in [0.15, 0.2) is 0 Å². The molecular formula is C23H23NO7. The van der Waals surface area contributed by atoms with Crippen LogP contribution in [0.25, 0.3) is 0 Å². The highest BCUT2D eigenvalue weighted by Gasteiger charge is 2.36. The Hall–Kier alpha value is -3.94. The van der Waals surface area contributed by atoms with Crippen molar-refractivity contribution < 1.29 is 33.8 Å². The second-order valence-electron chi connectivity index (χ2n) is 6.45. The van der Waals surface area contributed by atoms with Crippen molar-refractivity contribution in [3.05, 3.63) is 84.4 Å². The minimum atomic E-state index is -1.53. The molecule has 2 aromatic rings. The van der Waals surface area contributed by atoms with Crippen molar-refractivity contribution in [3.8, 4) is 0 Å². The minimum Gasteiger partial charge on any atom is -0.481 e. The van der Waals surface area contributed by atoms with Crippen molar-refractivity contribution in [1.82, 2.24) is 5.32 Å². The highest BCUT2D eigenvalue weighted by Crippen LogP contribution is 2.22. The summed E-state index contributed by atoms with van der Waals surface area (Å²) in [5, 5.41) is 11.5. The highest BCUT2D eigenvalue weighted by molar-refractivity contribution is 5.95. The first kappa shape index (κ1) is 23.3. The molecule has 8 nitrogen and oxygen atoms in total. The van der Waals surface area contributed by atoms with E-state index in [1.54, 1.807) is 60.7 Å². The van der Waals surface area contributed by atoms with Crippen molar-refractivity contribution in [3.63, 3.8) is 0 Å². The zero-order valence-corrected chi connectivity index (χ0v) is 16.7. The molecule has 162 valence electrons. The molecule has 0 aliphatic carbocycles. The smallest absolute Gasteiger partial charge is 0.350 e. The summed E-state index contributed by atoms with van der Waals surface area (Å²) >= 11 is 0. The molecule has 0 aliphatic heterocycles. The van der Waals surface area contributed by atoms with Crippen molar-refractivity contribution in [1.29, 1.82) is 0 Å². The summed E-state index contributed by atoms with van der Waals surface area (Å²) in [5.41, 5.74) is 0.845. The lowest BCUT2D eigenvalue weighted by atomic mass is 10.00. The number of aliphatic carboxylic acids is 1. The second kappa shape index (κ2) is 11.9. The molecule has 8 heteroatoms. The maximum absolute atomic E-state index is 12.8. The number of benzene rings is 2. The molecule has 1 amide bonds. The maximum Gasteiger partial charge on any atom is 0.350 e. The van der Waals surface area contributed by atoms with E-state index in [2.05, 4.69) is 11.9 Å². The fourth-order valence-electron chi connectivity index (χ4n) is 2.69. The molecule has 0 aromatic heterocycles. The Kier molecular flexibility index (Phi) is 8.97. The summed E-state index contributed by atoms with van der Waals surface area (Å²) in [5.74, 6) is -3.47. The molecule has 2 N–H and O–H groups in total. The van der Waals surface area contributed by atoms with E-state index in [0.717, 1.165) is 0 Å². The summed E-state index contributed by atoms with van der Waals surface area (Å²) in [6.45, 7) is 3.34. The number of ether oxygens (including phenoxy) is 2. The zero-order valence-electron chi connectivity index (χ0n) is 16.7. The normalized spacial score (nSPS) is 12.1. The van der Waals surface area contributed by atoms with Gasteiger partial charge in [0, 0.05) is 5.56 Å². The molecule has 0 bridgehead atoms. The average Bonchev–Trinajstić information content (AvgIpc) is 2.79. The van der Waals surface area contributed by atoms with E-state index in [9.17, 15) is 19.2 Å². The van der Waals surface area contributed by atoms with Gasteiger partial charge in [0.05, 0.1) is 12.8 Å². The number of hydrogen-bond acceptors (Lipinski definition) is 6. The van der Waals surface area contributed by atoms with Crippen molar-refractivity contribution in [2.24, 2.45) is 0 Å². The largest absolute Gasteiger partial charge is 0.481 e. The van der Waals surface area contributed by atoms with Gasteiger partial charge >= 0.3 is 17.9 Å². The quantitative estimate of drug-likeness (QED) is 0.420. The van der Waals surface area contributed by atoms with E-state index < -0.39 is 48.8 Å². The van der Waals surface area contributed by atoms with Crippen LogP contribution in [0.4, 0.5) is 0 Å². The Morgan fingerprint density at radius 1 is 0.968 bits per heavy atom. The Morgan fingerprint density at radius 2 is 1.58 bits per heavy atom. The number of amides is 1. The van der Waals surface area contributed by atoms with Gasteiger partial charge in [-0.1, -0.05) is 61.2 Å². The maximum atomic E-state index is 12.8. The van der Waals surface area contributed by atoms with Gasteiger partial charge in [0.2, 0.25) is 6.10 Å². The van der Waals surface area contributed by atoms with E-state index in [4.69, 9.17) is 14.6 Å². The lowest BCUT2D eigenvalue weighted by Gasteiger charge is -2.27. The van der Waals surface area contributed by atoms with Crippen LogP contribution in [0.5, 0.6) is 0 Å². The number of carbonyl (C=O) groups excluding carboxylic acids is 3. The predicted molar refractivity (Wildman–Crippen MR) is 111 cm³/mol. The van der Waals surface area contributed by atoms with Gasteiger partial charge in [0.1, 0.15) is 12.6 Å². The fourth-order valence-corrected chi connectivity index (χ4v) is 2.69. The van der Waals surface area contributed by atoms with Crippen LogP contribution < -0.4 is 5.32 Å². The Labute approximate surface area is 179 Å². The average molecular weight is 425 g/mol. The Bertz CT molecular complexity index is 912. The first-order chi connectivity index (χ1) is 14.9. The van der Waals surface area contributed by atoms with Crippen molar-refractivity contribution in [2.45, 2.75) is 25.0 Å². The first-order valence-electron chi connectivity index (χ1n) is 9.52. The molecule has 0 unspecified atom stereocenters. The molecular weight excluding hydrogens is 402 g/mol. The van der Waals surface area contributed by atoms with E-state index in [1.165, 1.54) is 6.08 Å². The SMILES string of the molecule is C=CCOC(=O)[C@H](OC(=O)CCC(=O)O)[C@@H](NC(=O)c1ccccc1)c1ccccc1. The summed E-state index contributed by atoms with van der Waals surface area (Å²) < 4.78 is 10.4. The summed E-state index contributed by atoms with van der Waals surface area (Å²) in [7, 11) is 0. The van der Waals surface area contributed by atoms with E-state index in [-0.39, 0.29) is 6.61 Å². The number of carboxylic acids is 1. The van der Waals surface area contributed by atoms with Crippen LogP contribution in [0.2, 0.25) is 0 Å². The van der Waals surface area contributed by atoms with Gasteiger partial charge in [-0.25, -0.2) is 4.79 Å². The molecule has 0 saturated heterocycles. The highest BCUT2D eigenvalue weighted by atomic mass is 16.6. The van der Waals surface area contributed by atoms with Crippen LogP contribution in [0, 0.1) is 0 Å². The molecule has 2 atom stereocenters.